The van der Waals surface area contributed by atoms with E-state index in [-0.39, 0.29) is 24.6 Å². The van der Waals surface area contributed by atoms with Crippen LogP contribution >= 0.6 is 0 Å². The predicted octanol–water partition coefficient (Wildman–Crippen LogP) is 1.81. The third-order valence-electron chi connectivity index (χ3n) is 5.47. The maximum atomic E-state index is 13.1. The van der Waals surface area contributed by atoms with Crippen LogP contribution in [0, 0.1) is 0 Å². The highest BCUT2D eigenvalue weighted by Crippen LogP contribution is 2.26. The molecule has 2 N–H and O–H groups in total. The summed E-state index contributed by atoms with van der Waals surface area (Å²) >= 11 is 0. The average Bonchev–Trinajstić information content (AvgIpc) is 3.40. The molecule has 1 fully saturated rings. The van der Waals surface area contributed by atoms with Gasteiger partial charge in [-0.25, -0.2) is 9.78 Å². The highest BCUT2D eigenvalue weighted by Gasteiger charge is 2.37. The van der Waals surface area contributed by atoms with Crippen LogP contribution in [-0.4, -0.2) is 55.9 Å². The zero-order valence-electron chi connectivity index (χ0n) is 15.4. The first kappa shape index (κ1) is 17.8. The molecule has 8 heteroatoms. The zero-order chi connectivity index (χ0) is 19.0. The van der Waals surface area contributed by atoms with E-state index < -0.39 is 12.0 Å². The van der Waals surface area contributed by atoms with E-state index in [1.165, 1.54) is 24.1 Å². The number of aromatic nitrogens is 2. The van der Waals surface area contributed by atoms with Gasteiger partial charge in [-0.1, -0.05) is 6.92 Å². The van der Waals surface area contributed by atoms with Crippen molar-refractivity contribution in [3.8, 4) is 0 Å². The minimum absolute atomic E-state index is 0.189. The van der Waals surface area contributed by atoms with Crippen molar-refractivity contribution in [1.82, 2.24) is 19.8 Å². The lowest BCUT2D eigenvalue weighted by Crippen LogP contribution is -2.48. The third-order valence-corrected chi connectivity index (χ3v) is 5.47. The fourth-order valence-corrected chi connectivity index (χ4v) is 4.00. The van der Waals surface area contributed by atoms with Crippen LogP contribution in [0.25, 0.3) is 0 Å². The minimum atomic E-state index is -1.03. The second-order valence-electron chi connectivity index (χ2n) is 7.21. The molecule has 0 aliphatic carbocycles. The number of fused-ring (bicyclic) bond motifs is 1. The van der Waals surface area contributed by atoms with Crippen molar-refractivity contribution in [3.63, 3.8) is 0 Å². The summed E-state index contributed by atoms with van der Waals surface area (Å²) in [5.74, 6) is -0.395. The lowest BCUT2D eigenvalue weighted by atomic mass is 10.0. The number of hydrogen-bond acceptors (Lipinski definition) is 5. The number of carboxylic acids is 1. The van der Waals surface area contributed by atoms with Crippen molar-refractivity contribution < 1.29 is 19.1 Å². The SMILES string of the molecule is CCc1oc(C(=O)N2Cc3[nH]cnc3CC2C(=O)O)cc1CN1CCCC1. The second-order valence-corrected chi connectivity index (χ2v) is 7.21. The number of nitrogens with zero attached hydrogens (tertiary/aromatic N) is 3. The van der Waals surface area contributed by atoms with Gasteiger partial charge in [0.1, 0.15) is 11.8 Å². The molecule has 0 spiro atoms. The number of hydrogen-bond donors (Lipinski definition) is 2. The van der Waals surface area contributed by atoms with E-state index in [1.807, 2.05) is 6.92 Å². The molecule has 0 aromatic carbocycles. The molecule has 0 saturated carbocycles. The molecule has 0 radical (unpaired) electrons. The first-order valence-electron chi connectivity index (χ1n) is 9.45. The molecular weight excluding hydrogens is 348 g/mol. The molecule has 1 amide bonds. The molecule has 2 aromatic heterocycles. The molecule has 2 aliphatic heterocycles. The highest BCUT2D eigenvalue weighted by molar-refractivity contribution is 5.95. The smallest absolute Gasteiger partial charge is 0.326 e. The molecule has 0 bridgehead atoms. The van der Waals surface area contributed by atoms with Gasteiger partial charge in [0.05, 0.1) is 24.3 Å². The number of imidazole rings is 1. The molecule has 2 aliphatic rings. The molecule has 8 nitrogen and oxygen atoms in total. The number of furan rings is 1. The van der Waals surface area contributed by atoms with Crippen LogP contribution in [0.5, 0.6) is 0 Å². The number of carbonyl (C=O) groups excluding carboxylic acids is 1. The van der Waals surface area contributed by atoms with Gasteiger partial charge in [0.2, 0.25) is 0 Å². The van der Waals surface area contributed by atoms with Crippen molar-refractivity contribution in [2.24, 2.45) is 0 Å². The number of H-pyrrole nitrogens is 1. The van der Waals surface area contributed by atoms with Gasteiger partial charge in [-0.15, -0.1) is 0 Å². The summed E-state index contributed by atoms with van der Waals surface area (Å²) in [6.07, 6.45) is 4.83. The fraction of sp³-hybridized carbons (Fsp3) is 0.526. The summed E-state index contributed by atoms with van der Waals surface area (Å²) in [6.45, 7) is 5.08. The number of carbonyl (C=O) groups is 2. The van der Waals surface area contributed by atoms with Gasteiger partial charge >= 0.3 is 5.97 Å². The van der Waals surface area contributed by atoms with Crippen molar-refractivity contribution in [3.05, 3.63) is 40.9 Å². The van der Waals surface area contributed by atoms with Crippen LogP contribution in [0.3, 0.4) is 0 Å². The Kier molecular flexibility index (Phi) is 4.73. The van der Waals surface area contributed by atoms with E-state index >= 15 is 0 Å². The number of aliphatic carboxylic acids is 1. The predicted molar refractivity (Wildman–Crippen MR) is 96.2 cm³/mol. The molecular formula is C19H24N4O4. The Labute approximate surface area is 157 Å². The molecule has 144 valence electrons. The van der Waals surface area contributed by atoms with Crippen molar-refractivity contribution >= 4 is 11.9 Å². The Balaban J connectivity index is 1.59. The van der Waals surface area contributed by atoms with Gasteiger partial charge in [-0.3, -0.25) is 9.69 Å². The zero-order valence-corrected chi connectivity index (χ0v) is 15.4. The second kappa shape index (κ2) is 7.19. The fourth-order valence-electron chi connectivity index (χ4n) is 4.00. The van der Waals surface area contributed by atoms with E-state index in [2.05, 4.69) is 14.9 Å². The molecule has 1 saturated heterocycles. The standard InChI is InChI=1S/C19H24N4O4/c1-2-16-12(9-22-5-3-4-6-22)7-17(27-16)18(24)23-10-14-13(20-11-21-14)8-15(23)19(25)26/h7,11,15H,2-6,8-10H2,1H3,(H,20,21)(H,25,26). The largest absolute Gasteiger partial charge is 0.480 e. The van der Waals surface area contributed by atoms with Crippen LogP contribution in [0.15, 0.2) is 16.8 Å². The minimum Gasteiger partial charge on any atom is -0.480 e. The van der Waals surface area contributed by atoms with Crippen molar-refractivity contribution in [2.45, 2.75) is 51.7 Å². The first-order chi connectivity index (χ1) is 13.1. The maximum absolute atomic E-state index is 13.1. The van der Waals surface area contributed by atoms with Gasteiger partial charge in [-0.2, -0.15) is 0 Å². The summed E-state index contributed by atoms with van der Waals surface area (Å²) in [6, 6.07) is 0.853. The van der Waals surface area contributed by atoms with Crippen LogP contribution in [0.1, 0.15) is 53.0 Å². The van der Waals surface area contributed by atoms with Gasteiger partial charge in [0.25, 0.3) is 5.91 Å². The third kappa shape index (κ3) is 3.37. The maximum Gasteiger partial charge on any atom is 0.326 e. The Bertz CT molecular complexity index is 850. The monoisotopic (exact) mass is 372 g/mol. The first-order valence-corrected chi connectivity index (χ1v) is 9.45. The molecule has 1 atom stereocenters. The number of rotatable bonds is 5. The lowest BCUT2D eigenvalue weighted by Gasteiger charge is -2.31. The van der Waals surface area contributed by atoms with Crippen LogP contribution in [0.2, 0.25) is 0 Å². The van der Waals surface area contributed by atoms with E-state index in [4.69, 9.17) is 4.42 Å². The summed E-state index contributed by atoms with van der Waals surface area (Å²) < 4.78 is 5.85. The number of carboxylic acid groups (broad SMARTS) is 1. The number of nitrogens with one attached hydrogen (secondary N) is 1. The number of likely N-dealkylation sites (tertiary alicyclic amines) is 1. The number of amides is 1. The van der Waals surface area contributed by atoms with Crippen molar-refractivity contribution in [2.75, 3.05) is 13.1 Å². The summed E-state index contributed by atoms with van der Waals surface area (Å²) in [4.78, 5) is 35.7. The molecule has 2 aromatic rings. The van der Waals surface area contributed by atoms with Gasteiger partial charge in [0, 0.05) is 24.9 Å². The van der Waals surface area contributed by atoms with Crippen LogP contribution in [0.4, 0.5) is 0 Å². The lowest BCUT2D eigenvalue weighted by molar-refractivity contribution is -0.142. The average molecular weight is 372 g/mol. The Morgan fingerprint density at radius 1 is 1.37 bits per heavy atom. The topological polar surface area (TPSA) is 103 Å². The normalized spacial score (nSPS) is 20.0. The molecule has 4 rings (SSSR count). The number of aryl methyl sites for hydroxylation is 1. The molecule has 1 unspecified atom stereocenters. The van der Waals surface area contributed by atoms with Crippen LogP contribution < -0.4 is 0 Å². The summed E-state index contributed by atoms with van der Waals surface area (Å²) in [5, 5.41) is 9.59. The molecule has 4 heterocycles. The van der Waals surface area contributed by atoms with E-state index in [0.717, 1.165) is 36.7 Å². The van der Waals surface area contributed by atoms with Crippen LogP contribution in [-0.2, 0) is 30.7 Å². The quantitative estimate of drug-likeness (QED) is 0.830. The summed E-state index contributed by atoms with van der Waals surface area (Å²) in [7, 11) is 0. The summed E-state index contributed by atoms with van der Waals surface area (Å²) in [5.41, 5.74) is 2.50. The van der Waals surface area contributed by atoms with E-state index in [9.17, 15) is 14.7 Å². The van der Waals surface area contributed by atoms with Gasteiger partial charge < -0.3 is 19.4 Å². The van der Waals surface area contributed by atoms with Gasteiger partial charge in [-0.05, 0) is 32.0 Å². The Hall–Kier alpha value is -2.61. The van der Waals surface area contributed by atoms with E-state index in [1.54, 1.807) is 6.07 Å². The number of aromatic amines is 1. The van der Waals surface area contributed by atoms with Gasteiger partial charge in [0.15, 0.2) is 5.76 Å². The Morgan fingerprint density at radius 2 is 2.15 bits per heavy atom. The van der Waals surface area contributed by atoms with Crippen molar-refractivity contribution in [1.29, 1.82) is 0 Å². The van der Waals surface area contributed by atoms with E-state index in [0.29, 0.717) is 12.1 Å². The Morgan fingerprint density at radius 3 is 2.85 bits per heavy atom. The highest BCUT2D eigenvalue weighted by atomic mass is 16.4. The molecule has 27 heavy (non-hydrogen) atoms.